The third kappa shape index (κ3) is 6.30. The monoisotopic (exact) mass is 335 g/mol. The van der Waals surface area contributed by atoms with Crippen molar-refractivity contribution in [3.63, 3.8) is 0 Å². The Labute approximate surface area is 130 Å². The zero-order valence-corrected chi connectivity index (χ0v) is 12.9. The predicted octanol–water partition coefficient (Wildman–Crippen LogP) is 3.37. The number of halogens is 3. The van der Waals surface area contributed by atoms with Gasteiger partial charge >= 0.3 is 18.1 Å². The van der Waals surface area contributed by atoms with Crippen LogP contribution < -0.4 is 5.32 Å². The van der Waals surface area contributed by atoms with Crippen molar-refractivity contribution in [3.05, 3.63) is 34.0 Å². The largest absolute Gasteiger partial charge is 0.471 e. The van der Waals surface area contributed by atoms with E-state index in [9.17, 15) is 22.8 Å². The smallest absolute Gasteiger partial charge is 0.461 e. The molecule has 0 aliphatic heterocycles. The van der Waals surface area contributed by atoms with Crippen molar-refractivity contribution in [3.8, 4) is 0 Å². The molecule has 0 saturated carbocycles. The van der Waals surface area contributed by atoms with Crippen LogP contribution >= 0.6 is 11.3 Å². The minimum absolute atomic E-state index is 0.0464. The van der Waals surface area contributed by atoms with Gasteiger partial charge in [-0.1, -0.05) is 5.57 Å². The van der Waals surface area contributed by atoms with Crippen LogP contribution in [0.4, 0.5) is 13.2 Å². The van der Waals surface area contributed by atoms with Crippen LogP contribution in [-0.4, -0.2) is 24.7 Å². The molecule has 0 aliphatic carbocycles. The summed E-state index contributed by atoms with van der Waals surface area (Å²) >= 11 is 1.26. The minimum Gasteiger partial charge on any atom is -0.461 e. The zero-order chi connectivity index (χ0) is 16.8. The lowest BCUT2D eigenvalue weighted by Gasteiger charge is -2.18. The number of carbonyl (C=O) groups excluding carboxylic acids is 2. The molecule has 1 atom stereocenters. The van der Waals surface area contributed by atoms with Gasteiger partial charge in [-0.3, -0.25) is 9.59 Å². The standard InChI is InChI=1S/C14H16F3NO3S/c1-9(2)3-5-21-12(19)7-11(10-4-6-22-8-10)18-13(20)14(15,16)17/h3-4,6,8,11H,5,7H2,1-2H3,(H,18,20). The number of ether oxygens (including phenoxy) is 1. The topological polar surface area (TPSA) is 55.4 Å². The Morgan fingerprint density at radius 1 is 1.41 bits per heavy atom. The summed E-state index contributed by atoms with van der Waals surface area (Å²) in [7, 11) is 0. The molecular formula is C14H16F3NO3S. The molecule has 1 amide bonds. The van der Waals surface area contributed by atoms with Crippen LogP contribution in [-0.2, 0) is 14.3 Å². The van der Waals surface area contributed by atoms with Gasteiger partial charge in [-0.15, -0.1) is 0 Å². The van der Waals surface area contributed by atoms with Crippen LogP contribution in [0.25, 0.3) is 0 Å². The highest BCUT2D eigenvalue weighted by Crippen LogP contribution is 2.23. The summed E-state index contributed by atoms with van der Waals surface area (Å²) < 4.78 is 41.9. The SMILES string of the molecule is CC(C)=CCOC(=O)CC(NC(=O)C(F)(F)F)c1ccsc1. The van der Waals surface area contributed by atoms with E-state index in [-0.39, 0.29) is 13.0 Å². The van der Waals surface area contributed by atoms with E-state index < -0.39 is 24.1 Å². The fourth-order valence-electron chi connectivity index (χ4n) is 1.49. The number of nitrogens with one attached hydrogen (secondary N) is 1. The molecule has 1 heterocycles. The van der Waals surface area contributed by atoms with E-state index in [0.29, 0.717) is 5.56 Å². The molecule has 122 valence electrons. The van der Waals surface area contributed by atoms with E-state index in [4.69, 9.17) is 4.74 Å². The van der Waals surface area contributed by atoms with Gasteiger partial charge in [0.1, 0.15) is 6.61 Å². The first-order valence-corrected chi connectivity index (χ1v) is 7.33. The molecule has 1 aromatic heterocycles. The van der Waals surface area contributed by atoms with Gasteiger partial charge in [0.15, 0.2) is 0 Å². The third-order valence-corrected chi connectivity index (χ3v) is 3.32. The summed E-state index contributed by atoms with van der Waals surface area (Å²) in [6, 6.07) is 0.481. The highest BCUT2D eigenvalue weighted by atomic mass is 32.1. The zero-order valence-electron chi connectivity index (χ0n) is 12.1. The molecule has 1 unspecified atom stereocenters. The summed E-state index contributed by atoms with van der Waals surface area (Å²) in [4.78, 5) is 22.7. The van der Waals surface area contributed by atoms with Crippen molar-refractivity contribution < 1.29 is 27.5 Å². The van der Waals surface area contributed by atoms with Crippen molar-refractivity contribution in [2.45, 2.75) is 32.5 Å². The Hall–Kier alpha value is -1.83. The molecule has 0 spiro atoms. The van der Waals surface area contributed by atoms with E-state index in [1.165, 1.54) is 11.3 Å². The number of carbonyl (C=O) groups is 2. The Balaban J connectivity index is 2.70. The number of hydrogen-bond acceptors (Lipinski definition) is 4. The second kappa shape index (κ2) is 7.98. The van der Waals surface area contributed by atoms with Crippen LogP contribution in [0.1, 0.15) is 31.9 Å². The number of amides is 1. The van der Waals surface area contributed by atoms with E-state index >= 15 is 0 Å². The maximum absolute atomic E-state index is 12.3. The average molecular weight is 335 g/mol. The van der Waals surface area contributed by atoms with Gasteiger partial charge in [0.25, 0.3) is 0 Å². The van der Waals surface area contributed by atoms with Crippen molar-refractivity contribution in [2.75, 3.05) is 6.61 Å². The van der Waals surface area contributed by atoms with Gasteiger partial charge in [0, 0.05) is 0 Å². The fraction of sp³-hybridized carbons (Fsp3) is 0.429. The highest BCUT2D eigenvalue weighted by molar-refractivity contribution is 7.08. The molecule has 8 heteroatoms. The number of allylic oxidation sites excluding steroid dienone is 1. The number of thiophene rings is 1. The minimum atomic E-state index is -5.00. The molecule has 0 bridgehead atoms. The van der Waals surface area contributed by atoms with Gasteiger partial charge in [0.2, 0.25) is 0 Å². The lowest BCUT2D eigenvalue weighted by atomic mass is 10.1. The molecule has 1 N–H and O–H groups in total. The van der Waals surface area contributed by atoms with Crippen molar-refractivity contribution in [2.24, 2.45) is 0 Å². The molecule has 0 aromatic carbocycles. The first-order valence-electron chi connectivity index (χ1n) is 6.39. The molecule has 0 aliphatic rings. The quantitative estimate of drug-likeness (QED) is 0.640. The van der Waals surface area contributed by atoms with Crippen LogP contribution in [0.15, 0.2) is 28.5 Å². The summed E-state index contributed by atoms with van der Waals surface area (Å²) in [5, 5.41) is 5.04. The van der Waals surface area contributed by atoms with Crippen molar-refractivity contribution >= 4 is 23.2 Å². The second-order valence-electron chi connectivity index (χ2n) is 4.75. The molecule has 0 radical (unpaired) electrons. The maximum atomic E-state index is 12.3. The number of esters is 1. The van der Waals surface area contributed by atoms with E-state index in [1.54, 1.807) is 22.9 Å². The molecular weight excluding hydrogens is 319 g/mol. The van der Waals surface area contributed by atoms with E-state index in [2.05, 4.69) is 0 Å². The molecule has 4 nitrogen and oxygen atoms in total. The van der Waals surface area contributed by atoms with Crippen molar-refractivity contribution in [1.82, 2.24) is 5.32 Å². The average Bonchev–Trinajstić information content (AvgIpc) is 2.89. The number of hydrogen-bond donors (Lipinski definition) is 1. The fourth-order valence-corrected chi connectivity index (χ4v) is 2.21. The summed E-state index contributed by atoms with van der Waals surface area (Å²) in [5.41, 5.74) is 1.38. The Bertz CT molecular complexity index is 534. The Morgan fingerprint density at radius 2 is 2.09 bits per heavy atom. The Kier molecular flexibility index (Phi) is 6.61. The molecule has 1 rings (SSSR count). The Morgan fingerprint density at radius 3 is 2.59 bits per heavy atom. The van der Waals surface area contributed by atoms with Gasteiger partial charge in [0.05, 0.1) is 12.5 Å². The summed E-state index contributed by atoms with van der Waals surface area (Å²) in [5.74, 6) is -2.77. The second-order valence-corrected chi connectivity index (χ2v) is 5.53. The lowest BCUT2D eigenvalue weighted by Crippen LogP contribution is -2.39. The van der Waals surface area contributed by atoms with Crippen molar-refractivity contribution in [1.29, 1.82) is 0 Å². The van der Waals surface area contributed by atoms with E-state index in [1.807, 2.05) is 19.2 Å². The molecule has 0 saturated heterocycles. The number of alkyl halides is 3. The third-order valence-electron chi connectivity index (χ3n) is 2.62. The lowest BCUT2D eigenvalue weighted by molar-refractivity contribution is -0.174. The van der Waals surface area contributed by atoms with Crippen LogP contribution in [0.2, 0.25) is 0 Å². The van der Waals surface area contributed by atoms with Crippen LogP contribution in [0.3, 0.4) is 0 Å². The normalized spacial score (nSPS) is 12.4. The van der Waals surface area contributed by atoms with Crippen LogP contribution in [0.5, 0.6) is 0 Å². The maximum Gasteiger partial charge on any atom is 0.471 e. The van der Waals surface area contributed by atoms with Gasteiger partial charge < -0.3 is 10.1 Å². The first-order chi connectivity index (χ1) is 10.2. The summed E-state index contributed by atoms with van der Waals surface area (Å²) in [6.07, 6.45) is -3.69. The van der Waals surface area contributed by atoms with Gasteiger partial charge in [-0.25, -0.2) is 0 Å². The molecule has 0 fully saturated rings. The van der Waals surface area contributed by atoms with Crippen LogP contribution in [0, 0.1) is 0 Å². The highest BCUT2D eigenvalue weighted by Gasteiger charge is 2.40. The van der Waals surface area contributed by atoms with Gasteiger partial charge in [-0.05, 0) is 42.3 Å². The molecule has 22 heavy (non-hydrogen) atoms. The van der Waals surface area contributed by atoms with E-state index in [0.717, 1.165) is 5.57 Å². The van der Waals surface area contributed by atoms with Gasteiger partial charge in [-0.2, -0.15) is 24.5 Å². The predicted molar refractivity (Wildman–Crippen MR) is 76.3 cm³/mol. The number of rotatable bonds is 6. The molecule has 1 aromatic rings. The first kappa shape index (κ1) is 18.2. The summed E-state index contributed by atoms with van der Waals surface area (Å²) in [6.45, 7) is 3.70.